The van der Waals surface area contributed by atoms with Crippen molar-refractivity contribution >= 4 is 0 Å². The van der Waals surface area contributed by atoms with E-state index in [0.717, 1.165) is 11.3 Å². The number of benzene rings is 1. The van der Waals surface area contributed by atoms with E-state index in [1.165, 1.54) is 0 Å². The predicted molar refractivity (Wildman–Crippen MR) is 72.9 cm³/mol. The Labute approximate surface area is 117 Å². The van der Waals surface area contributed by atoms with Crippen molar-refractivity contribution < 1.29 is 9.26 Å². The summed E-state index contributed by atoms with van der Waals surface area (Å²) in [6, 6.07) is 9.57. The SMILES string of the molecule is COc1ccc(-c2noc(CN(C)CCC#N)n2)cc1. The number of aromatic nitrogens is 2. The predicted octanol–water partition coefficient (Wildman–Crippen LogP) is 2.09. The summed E-state index contributed by atoms with van der Waals surface area (Å²) in [6.45, 7) is 1.21. The van der Waals surface area contributed by atoms with Gasteiger partial charge in [-0.15, -0.1) is 0 Å². The van der Waals surface area contributed by atoms with Crippen LogP contribution in [0.4, 0.5) is 0 Å². The highest BCUT2D eigenvalue weighted by Gasteiger charge is 2.10. The van der Waals surface area contributed by atoms with E-state index in [0.29, 0.717) is 31.2 Å². The summed E-state index contributed by atoms with van der Waals surface area (Å²) in [5.41, 5.74) is 0.875. The average molecular weight is 272 g/mol. The first-order chi connectivity index (χ1) is 9.72. The molecule has 0 spiro atoms. The van der Waals surface area contributed by atoms with Crippen LogP contribution in [0.3, 0.4) is 0 Å². The lowest BCUT2D eigenvalue weighted by molar-refractivity contribution is 0.271. The van der Waals surface area contributed by atoms with Gasteiger partial charge >= 0.3 is 0 Å². The lowest BCUT2D eigenvalue weighted by Gasteiger charge is -2.10. The molecule has 0 bridgehead atoms. The fourth-order valence-corrected chi connectivity index (χ4v) is 1.73. The molecule has 6 nitrogen and oxygen atoms in total. The normalized spacial score (nSPS) is 10.5. The van der Waals surface area contributed by atoms with E-state index in [1.807, 2.05) is 36.2 Å². The third-order valence-electron chi connectivity index (χ3n) is 2.83. The van der Waals surface area contributed by atoms with E-state index in [-0.39, 0.29) is 0 Å². The topological polar surface area (TPSA) is 75.2 Å². The Morgan fingerprint density at radius 3 is 2.75 bits per heavy atom. The summed E-state index contributed by atoms with van der Waals surface area (Å²) in [6.07, 6.45) is 0.482. The third-order valence-corrected chi connectivity index (χ3v) is 2.83. The van der Waals surface area contributed by atoms with Gasteiger partial charge < -0.3 is 9.26 Å². The Balaban J connectivity index is 2.02. The number of nitriles is 1. The summed E-state index contributed by atoms with van der Waals surface area (Å²) < 4.78 is 10.3. The van der Waals surface area contributed by atoms with E-state index in [1.54, 1.807) is 7.11 Å². The summed E-state index contributed by atoms with van der Waals surface area (Å²) in [5.74, 6) is 1.88. The molecule has 0 saturated carbocycles. The Kier molecular flexibility index (Phi) is 4.69. The lowest BCUT2D eigenvalue weighted by Crippen LogP contribution is -2.18. The fourth-order valence-electron chi connectivity index (χ4n) is 1.73. The van der Waals surface area contributed by atoms with Crippen LogP contribution in [-0.4, -0.2) is 35.7 Å². The van der Waals surface area contributed by atoms with Crippen molar-refractivity contribution in [3.05, 3.63) is 30.2 Å². The molecule has 104 valence electrons. The van der Waals surface area contributed by atoms with E-state index >= 15 is 0 Å². The zero-order valence-electron chi connectivity index (χ0n) is 11.5. The van der Waals surface area contributed by atoms with Crippen LogP contribution >= 0.6 is 0 Å². The molecule has 0 aliphatic rings. The number of hydrogen-bond acceptors (Lipinski definition) is 6. The van der Waals surface area contributed by atoms with Gasteiger partial charge in [-0.25, -0.2) is 0 Å². The quantitative estimate of drug-likeness (QED) is 0.801. The van der Waals surface area contributed by atoms with Crippen molar-refractivity contribution in [1.29, 1.82) is 5.26 Å². The van der Waals surface area contributed by atoms with Crippen LogP contribution < -0.4 is 4.74 Å². The number of ether oxygens (including phenoxy) is 1. The van der Waals surface area contributed by atoms with Gasteiger partial charge in [0.2, 0.25) is 11.7 Å². The molecule has 2 rings (SSSR count). The first-order valence-corrected chi connectivity index (χ1v) is 6.25. The van der Waals surface area contributed by atoms with Crippen molar-refractivity contribution in [2.75, 3.05) is 20.7 Å². The van der Waals surface area contributed by atoms with Gasteiger partial charge in [0.25, 0.3) is 0 Å². The van der Waals surface area contributed by atoms with Crippen molar-refractivity contribution in [1.82, 2.24) is 15.0 Å². The minimum Gasteiger partial charge on any atom is -0.497 e. The van der Waals surface area contributed by atoms with Crippen LogP contribution in [-0.2, 0) is 6.54 Å². The molecule has 20 heavy (non-hydrogen) atoms. The van der Waals surface area contributed by atoms with Gasteiger partial charge in [0.1, 0.15) is 5.75 Å². The molecule has 2 aromatic rings. The van der Waals surface area contributed by atoms with E-state index in [2.05, 4.69) is 16.2 Å². The number of hydrogen-bond donors (Lipinski definition) is 0. The van der Waals surface area contributed by atoms with Crippen molar-refractivity contribution in [2.45, 2.75) is 13.0 Å². The third kappa shape index (κ3) is 3.56. The Morgan fingerprint density at radius 2 is 2.10 bits per heavy atom. The van der Waals surface area contributed by atoms with E-state index in [9.17, 15) is 0 Å². The van der Waals surface area contributed by atoms with Crippen LogP contribution in [0.15, 0.2) is 28.8 Å². The second-order valence-corrected chi connectivity index (χ2v) is 4.39. The molecule has 0 unspecified atom stereocenters. The highest BCUT2D eigenvalue weighted by molar-refractivity contribution is 5.55. The van der Waals surface area contributed by atoms with Gasteiger partial charge in [-0.3, -0.25) is 4.90 Å². The van der Waals surface area contributed by atoms with Crippen LogP contribution in [0, 0.1) is 11.3 Å². The molecule has 6 heteroatoms. The smallest absolute Gasteiger partial charge is 0.241 e. The number of methoxy groups -OCH3 is 1. The van der Waals surface area contributed by atoms with E-state index < -0.39 is 0 Å². The second-order valence-electron chi connectivity index (χ2n) is 4.39. The van der Waals surface area contributed by atoms with Crippen molar-refractivity contribution in [3.63, 3.8) is 0 Å². The Hall–Kier alpha value is -2.39. The summed E-state index contributed by atoms with van der Waals surface area (Å²) in [5, 5.41) is 12.5. The fraction of sp³-hybridized carbons (Fsp3) is 0.357. The first-order valence-electron chi connectivity index (χ1n) is 6.25. The molecule has 1 heterocycles. The van der Waals surface area contributed by atoms with Crippen LogP contribution in [0.1, 0.15) is 12.3 Å². The summed E-state index contributed by atoms with van der Waals surface area (Å²) in [7, 11) is 3.53. The number of nitrogens with zero attached hydrogens (tertiary/aromatic N) is 4. The highest BCUT2D eigenvalue weighted by atomic mass is 16.5. The molecule has 0 N–H and O–H groups in total. The number of rotatable bonds is 6. The van der Waals surface area contributed by atoms with Crippen LogP contribution in [0.25, 0.3) is 11.4 Å². The van der Waals surface area contributed by atoms with Crippen molar-refractivity contribution in [3.8, 4) is 23.2 Å². The highest BCUT2D eigenvalue weighted by Crippen LogP contribution is 2.19. The van der Waals surface area contributed by atoms with Gasteiger partial charge in [-0.1, -0.05) is 5.16 Å². The Morgan fingerprint density at radius 1 is 1.35 bits per heavy atom. The molecule has 0 amide bonds. The van der Waals surface area contributed by atoms with Gasteiger partial charge in [0.15, 0.2) is 0 Å². The molecule has 1 aromatic carbocycles. The average Bonchev–Trinajstić information content (AvgIpc) is 2.93. The molecule has 0 atom stereocenters. The Bertz CT molecular complexity index is 586. The molecule has 0 fully saturated rings. The summed E-state index contributed by atoms with van der Waals surface area (Å²) in [4.78, 5) is 6.31. The minimum absolute atomic E-state index is 0.482. The molecule has 0 aliphatic heterocycles. The first kappa shape index (κ1) is 14.0. The van der Waals surface area contributed by atoms with Gasteiger partial charge in [0.05, 0.1) is 19.7 Å². The molecule has 0 aliphatic carbocycles. The van der Waals surface area contributed by atoms with Crippen LogP contribution in [0.2, 0.25) is 0 Å². The molecular formula is C14H16N4O2. The molecule has 0 saturated heterocycles. The van der Waals surface area contributed by atoms with Crippen LogP contribution in [0.5, 0.6) is 5.75 Å². The maximum absolute atomic E-state index is 8.54. The maximum Gasteiger partial charge on any atom is 0.241 e. The maximum atomic E-state index is 8.54. The lowest BCUT2D eigenvalue weighted by atomic mass is 10.2. The van der Waals surface area contributed by atoms with Gasteiger partial charge in [-0.05, 0) is 31.3 Å². The van der Waals surface area contributed by atoms with Gasteiger partial charge in [0, 0.05) is 18.5 Å². The largest absolute Gasteiger partial charge is 0.497 e. The minimum atomic E-state index is 0.482. The monoisotopic (exact) mass is 272 g/mol. The zero-order valence-corrected chi connectivity index (χ0v) is 11.5. The summed E-state index contributed by atoms with van der Waals surface area (Å²) >= 11 is 0. The zero-order chi connectivity index (χ0) is 14.4. The molecular weight excluding hydrogens is 256 g/mol. The van der Waals surface area contributed by atoms with E-state index in [4.69, 9.17) is 14.5 Å². The molecule has 1 aromatic heterocycles. The van der Waals surface area contributed by atoms with Gasteiger partial charge in [-0.2, -0.15) is 10.2 Å². The molecule has 0 radical (unpaired) electrons. The standard InChI is InChI=1S/C14H16N4O2/c1-18(9-3-8-15)10-13-16-14(17-20-13)11-4-6-12(19-2)7-5-11/h4-7H,3,9-10H2,1-2H3. The van der Waals surface area contributed by atoms with Crippen molar-refractivity contribution in [2.24, 2.45) is 0 Å². The second kappa shape index (κ2) is 6.68.